The van der Waals surface area contributed by atoms with Gasteiger partial charge in [0.05, 0.1) is 6.61 Å². The summed E-state index contributed by atoms with van der Waals surface area (Å²) in [6.07, 6.45) is 1.37. The second-order valence-corrected chi connectivity index (χ2v) is 5.79. The van der Waals surface area contributed by atoms with E-state index in [1.165, 1.54) is 6.92 Å². The van der Waals surface area contributed by atoms with E-state index in [4.69, 9.17) is 0 Å². The molecule has 0 aromatic heterocycles. The first kappa shape index (κ1) is 15.7. The number of hydrogen-bond acceptors (Lipinski definition) is 5. The maximum atomic E-state index is 11.7. The molecule has 110 valence electrons. The van der Waals surface area contributed by atoms with Gasteiger partial charge in [0.2, 0.25) is 0 Å². The lowest BCUT2D eigenvalue weighted by molar-refractivity contribution is -0.145. The Morgan fingerprint density at radius 1 is 1.26 bits per heavy atom. The van der Waals surface area contributed by atoms with Crippen molar-refractivity contribution in [1.82, 2.24) is 9.44 Å². The van der Waals surface area contributed by atoms with E-state index in [1.54, 1.807) is 4.72 Å². The second-order valence-electron chi connectivity index (χ2n) is 4.38. The third-order valence-corrected chi connectivity index (χ3v) is 4.03. The van der Waals surface area contributed by atoms with Crippen LogP contribution in [0.1, 0.15) is 39.0 Å². The van der Waals surface area contributed by atoms with Crippen LogP contribution in [0.25, 0.3) is 0 Å². The number of carbonyl (C=O) groups excluding carboxylic acids is 1. The maximum absolute atomic E-state index is 11.7. The van der Waals surface area contributed by atoms with Gasteiger partial charge >= 0.3 is 22.3 Å². The van der Waals surface area contributed by atoms with Crippen molar-refractivity contribution in [2.45, 2.75) is 44.6 Å². The summed E-state index contributed by atoms with van der Waals surface area (Å²) < 4.78 is 31.5. The van der Waals surface area contributed by atoms with Gasteiger partial charge in [-0.1, -0.05) is 19.3 Å². The lowest BCUT2D eigenvalue weighted by Crippen LogP contribution is -2.58. The molecule has 0 aromatic carbocycles. The smallest absolute Gasteiger partial charge is 0.421 e. The van der Waals surface area contributed by atoms with Crippen molar-refractivity contribution in [2.75, 3.05) is 6.61 Å². The fourth-order valence-corrected chi connectivity index (χ4v) is 3.20. The van der Waals surface area contributed by atoms with Crippen LogP contribution in [0, 0.1) is 0 Å². The average molecular weight is 294 g/mol. The molecule has 0 radical (unpaired) electrons. The Morgan fingerprint density at radius 3 is 2.32 bits per heavy atom. The normalized spacial score (nSPS) is 18.6. The first-order valence-corrected chi connectivity index (χ1v) is 7.51. The van der Waals surface area contributed by atoms with Crippen molar-refractivity contribution in [1.29, 1.82) is 0 Å². The van der Waals surface area contributed by atoms with Gasteiger partial charge in [-0.2, -0.15) is 13.1 Å². The first-order chi connectivity index (χ1) is 8.81. The van der Waals surface area contributed by atoms with Gasteiger partial charge < -0.3 is 9.84 Å². The van der Waals surface area contributed by atoms with Crippen molar-refractivity contribution in [3.8, 4) is 0 Å². The molecule has 0 unspecified atom stereocenters. The topological polar surface area (TPSA) is 122 Å². The van der Waals surface area contributed by atoms with Gasteiger partial charge in [-0.3, -0.25) is 4.79 Å². The van der Waals surface area contributed by atoms with E-state index in [2.05, 4.69) is 9.46 Å². The van der Waals surface area contributed by atoms with Crippen LogP contribution in [0.5, 0.6) is 0 Å². The number of aliphatic carboxylic acids is 1. The van der Waals surface area contributed by atoms with Gasteiger partial charge in [-0.15, -0.1) is 0 Å². The molecule has 8 nitrogen and oxygen atoms in total. The molecule has 0 heterocycles. The van der Waals surface area contributed by atoms with Crippen molar-refractivity contribution < 1.29 is 27.9 Å². The minimum Gasteiger partial charge on any atom is -0.480 e. The van der Waals surface area contributed by atoms with Crippen molar-refractivity contribution in [3.05, 3.63) is 0 Å². The first-order valence-electron chi connectivity index (χ1n) is 6.03. The SMILES string of the molecule is CCOC(=O)NS(=O)(=O)NC1(C(=O)O)CCCCC1. The molecule has 1 rings (SSSR count). The molecule has 9 heteroatoms. The Balaban J connectivity index is 2.78. The minimum absolute atomic E-state index is 0.0193. The van der Waals surface area contributed by atoms with Crippen molar-refractivity contribution in [3.63, 3.8) is 0 Å². The summed E-state index contributed by atoms with van der Waals surface area (Å²) in [7, 11) is -4.26. The number of carboxylic acid groups (broad SMARTS) is 1. The molecule has 0 aromatic rings. The number of ether oxygens (including phenoxy) is 1. The van der Waals surface area contributed by atoms with E-state index in [0.29, 0.717) is 12.8 Å². The zero-order chi connectivity index (χ0) is 14.5. The molecular weight excluding hydrogens is 276 g/mol. The molecule has 19 heavy (non-hydrogen) atoms. The largest absolute Gasteiger partial charge is 0.480 e. The third-order valence-electron chi connectivity index (χ3n) is 2.94. The number of carboxylic acids is 1. The number of carbonyl (C=O) groups is 2. The second kappa shape index (κ2) is 6.20. The van der Waals surface area contributed by atoms with E-state index in [-0.39, 0.29) is 19.4 Å². The molecule has 1 fully saturated rings. The summed E-state index contributed by atoms with van der Waals surface area (Å²) in [5, 5.41) is 9.22. The van der Waals surface area contributed by atoms with Gasteiger partial charge in [0.15, 0.2) is 0 Å². The fraction of sp³-hybridized carbons (Fsp3) is 0.800. The summed E-state index contributed by atoms with van der Waals surface area (Å²) in [5.41, 5.74) is -1.55. The molecule has 0 atom stereocenters. The average Bonchev–Trinajstić information content (AvgIpc) is 2.28. The number of amides is 1. The van der Waals surface area contributed by atoms with Crippen LogP contribution in [0.15, 0.2) is 0 Å². The molecule has 3 N–H and O–H groups in total. The number of rotatable bonds is 5. The van der Waals surface area contributed by atoms with Crippen LogP contribution in [-0.2, 0) is 19.7 Å². The zero-order valence-electron chi connectivity index (χ0n) is 10.6. The lowest BCUT2D eigenvalue weighted by Gasteiger charge is -2.33. The standard InChI is InChI=1S/C10H18N2O6S/c1-2-18-9(15)11-19(16,17)12-10(8(13)14)6-4-3-5-7-10/h12H,2-7H2,1H3,(H,11,15)(H,13,14). The molecule has 1 amide bonds. The summed E-state index contributed by atoms with van der Waals surface area (Å²) in [6, 6.07) is 0. The van der Waals surface area contributed by atoms with Crippen LogP contribution in [0.4, 0.5) is 4.79 Å². The van der Waals surface area contributed by atoms with Crippen LogP contribution >= 0.6 is 0 Å². The molecular formula is C10H18N2O6S. The van der Waals surface area contributed by atoms with Gasteiger partial charge in [-0.25, -0.2) is 9.52 Å². The van der Waals surface area contributed by atoms with E-state index in [9.17, 15) is 23.1 Å². The Hall–Kier alpha value is -1.35. The van der Waals surface area contributed by atoms with Gasteiger partial charge in [0.1, 0.15) is 5.54 Å². The molecule has 0 bridgehead atoms. The van der Waals surface area contributed by atoms with Crippen LogP contribution < -0.4 is 9.44 Å². The van der Waals surface area contributed by atoms with E-state index in [1.807, 2.05) is 0 Å². The summed E-state index contributed by atoms with van der Waals surface area (Å²) in [6.45, 7) is 1.55. The van der Waals surface area contributed by atoms with Crippen LogP contribution in [0.2, 0.25) is 0 Å². The Bertz CT molecular complexity index is 441. The van der Waals surface area contributed by atoms with Gasteiger partial charge in [0, 0.05) is 0 Å². The Labute approximate surface area is 111 Å². The molecule has 1 aliphatic carbocycles. The quantitative estimate of drug-likeness (QED) is 0.672. The van der Waals surface area contributed by atoms with E-state index in [0.717, 1.165) is 6.42 Å². The highest BCUT2D eigenvalue weighted by atomic mass is 32.2. The predicted octanol–water partition coefficient (Wildman–Crippen LogP) is 0.354. The highest BCUT2D eigenvalue weighted by Gasteiger charge is 2.43. The maximum Gasteiger partial charge on any atom is 0.421 e. The highest BCUT2D eigenvalue weighted by Crippen LogP contribution is 2.29. The van der Waals surface area contributed by atoms with Crippen LogP contribution in [-0.4, -0.2) is 37.7 Å². The predicted molar refractivity (Wildman–Crippen MR) is 65.7 cm³/mol. The summed E-state index contributed by atoms with van der Waals surface area (Å²) in [5.74, 6) is -1.23. The number of nitrogens with one attached hydrogen (secondary N) is 2. The molecule has 1 saturated carbocycles. The molecule has 0 saturated heterocycles. The Kier molecular flexibility index (Phi) is 5.12. The lowest BCUT2D eigenvalue weighted by atomic mass is 9.83. The van der Waals surface area contributed by atoms with Gasteiger partial charge in [0.25, 0.3) is 0 Å². The summed E-state index contributed by atoms with van der Waals surface area (Å²) in [4.78, 5) is 22.4. The summed E-state index contributed by atoms with van der Waals surface area (Å²) >= 11 is 0. The highest BCUT2D eigenvalue weighted by molar-refractivity contribution is 7.88. The molecule has 1 aliphatic rings. The van der Waals surface area contributed by atoms with Crippen molar-refractivity contribution in [2.24, 2.45) is 0 Å². The zero-order valence-corrected chi connectivity index (χ0v) is 11.5. The van der Waals surface area contributed by atoms with E-state index >= 15 is 0 Å². The van der Waals surface area contributed by atoms with Crippen molar-refractivity contribution >= 4 is 22.3 Å². The third kappa shape index (κ3) is 4.35. The number of hydrogen-bond donors (Lipinski definition) is 3. The molecule has 0 aliphatic heterocycles. The Morgan fingerprint density at radius 2 is 1.84 bits per heavy atom. The van der Waals surface area contributed by atoms with E-state index < -0.39 is 27.8 Å². The minimum atomic E-state index is -4.26. The monoisotopic (exact) mass is 294 g/mol. The fourth-order valence-electron chi connectivity index (χ4n) is 2.07. The van der Waals surface area contributed by atoms with Gasteiger partial charge in [-0.05, 0) is 19.8 Å². The van der Waals surface area contributed by atoms with Crippen LogP contribution in [0.3, 0.4) is 0 Å². The molecule has 0 spiro atoms.